The molecule has 0 saturated carbocycles. The molecule has 2 aromatic carbocycles. The highest BCUT2D eigenvalue weighted by Gasteiger charge is 2.17. The van der Waals surface area contributed by atoms with Gasteiger partial charge in [-0.3, -0.25) is 4.79 Å². The minimum atomic E-state index is -0.297. The predicted octanol–water partition coefficient (Wildman–Crippen LogP) is 5.02. The third-order valence-corrected chi connectivity index (χ3v) is 6.03. The fourth-order valence-electron chi connectivity index (χ4n) is 4.10. The Bertz CT molecular complexity index is 1060. The number of halogens is 1. The molecular formula is C26H30FN5O. The molecule has 1 aliphatic rings. The normalized spacial score (nSPS) is 16.4. The molecule has 172 valence electrons. The lowest BCUT2D eigenvalue weighted by molar-refractivity contribution is 0.0949. The number of carbonyl (C=O) groups is 1. The van der Waals surface area contributed by atoms with Gasteiger partial charge in [0.05, 0.1) is 0 Å². The quantitative estimate of drug-likeness (QED) is 0.475. The molecule has 2 heterocycles. The third-order valence-electron chi connectivity index (χ3n) is 6.03. The van der Waals surface area contributed by atoms with Gasteiger partial charge in [-0.25, -0.2) is 14.4 Å². The maximum absolute atomic E-state index is 13.2. The largest absolute Gasteiger partial charge is 0.352 e. The van der Waals surface area contributed by atoms with Crippen molar-refractivity contribution in [3.8, 4) is 11.4 Å². The van der Waals surface area contributed by atoms with Crippen molar-refractivity contribution in [3.63, 3.8) is 0 Å². The summed E-state index contributed by atoms with van der Waals surface area (Å²) in [6.45, 7) is 5.16. The second kappa shape index (κ2) is 11.0. The van der Waals surface area contributed by atoms with Gasteiger partial charge in [0, 0.05) is 42.1 Å². The number of piperidine rings is 1. The van der Waals surface area contributed by atoms with Crippen LogP contribution in [0.15, 0.2) is 60.8 Å². The summed E-state index contributed by atoms with van der Waals surface area (Å²) in [7, 11) is 0. The van der Waals surface area contributed by atoms with Crippen LogP contribution in [0.25, 0.3) is 11.4 Å². The SMILES string of the molecule is C[C@H]1CCCCN1CCCNC(=O)c1ccc(Nc2ccnc(-c3ccc(F)cc3)n2)cc1. The Labute approximate surface area is 194 Å². The molecule has 0 unspecified atom stereocenters. The third kappa shape index (κ3) is 6.35. The van der Waals surface area contributed by atoms with Crippen molar-refractivity contribution in [2.24, 2.45) is 0 Å². The average Bonchev–Trinajstić information content (AvgIpc) is 2.84. The number of hydrogen-bond acceptors (Lipinski definition) is 5. The first kappa shape index (κ1) is 22.9. The number of rotatable bonds is 8. The minimum absolute atomic E-state index is 0.0612. The van der Waals surface area contributed by atoms with Gasteiger partial charge in [0.25, 0.3) is 5.91 Å². The van der Waals surface area contributed by atoms with Gasteiger partial charge in [-0.1, -0.05) is 6.42 Å². The summed E-state index contributed by atoms with van der Waals surface area (Å²) in [5.41, 5.74) is 2.18. The first-order valence-corrected chi connectivity index (χ1v) is 11.6. The van der Waals surface area contributed by atoms with Crippen LogP contribution in [0, 0.1) is 5.82 Å². The van der Waals surface area contributed by atoms with E-state index < -0.39 is 0 Å². The zero-order valence-corrected chi connectivity index (χ0v) is 18.9. The monoisotopic (exact) mass is 447 g/mol. The predicted molar refractivity (Wildman–Crippen MR) is 129 cm³/mol. The number of aromatic nitrogens is 2. The van der Waals surface area contributed by atoms with Crippen molar-refractivity contribution >= 4 is 17.4 Å². The zero-order valence-electron chi connectivity index (χ0n) is 18.9. The van der Waals surface area contributed by atoms with Gasteiger partial charge in [-0.2, -0.15) is 0 Å². The van der Waals surface area contributed by atoms with Crippen LogP contribution >= 0.6 is 0 Å². The Balaban J connectivity index is 1.28. The van der Waals surface area contributed by atoms with Gasteiger partial charge >= 0.3 is 0 Å². The van der Waals surface area contributed by atoms with Crippen LogP contribution in [-0.2, 0) is 0 Å². The number of carbonyl (C=O) groups excluding carboxylic acids is 1. The lowest BCUT2D eigenvalue weighted by Gasteiger charge is -2.33. The molecule has 1 fully saturated rings. The minimum Gasteiger partial charge on any atom is -0.352 e. The first-order chi connectivity index (χ1) is 16.1. The van der Waals surface area contributed by atoms with Crippen molar-refractivity contribution < 1.29 is 9.18 Å². The van der Waals surface area contributed by atoms with Crippen LogP contribution in [0.1, 0.15) is 43.0 Å². The maximum Gasteiger partial charge on any atom is 0.251 e. The molecule has 3 aromatic rings. The van der Waals surface area contributed by atoms with Crippen molar-refractivity contribution in [3.05, 3.63) is 72.2 Å². The fourth-order valence-corrected chi connectivity index (χ4v) is 4.10. The van der Waals surface area contributed by atoms with Gasteiger partial charge in [-0.05, 0) is 87.3 Å². The number of likely N-dealkylation sites (tertiary alicyclic amines) is 1. The van der Waals surface area contributed by atoms with Crippen LogP contribution < -0.4 is 10.6 Å². The number of amides is 1. The summed E-state index contributed by atoms with van der Waals surface area (Å²) in [6, 6.07) is 15.8. The van der Waals surface area contributed by atoms with E-state index >= 15 is 0 Å². The van der Waals surface area contributed by atoms with E-state index in [1.54, 1.807) is 36.5 Å². The average molecular weight is 448 g/mol. The summed E-state index contributed by atoms with van der Waals surface area (Å²) in [6.07, 6.45) is 6.49. The second-order valence-corrected chi connectivity index (χ2v) is 8.46. The maximum atomic E-state index is 13.2. The number of hydrogen-bond donors (Lipinski definition) is 2. The van der Waals surface area contributed by atoms with Gasteiger partial charge in [0.15, 0.2) is 5.82 Å². The Hall–Kier alpha value is -3.32. The van der Waals surface area contributed by atoms with E-state index in [9.17, 15) is 9.18 Å². The molecule has 6 nitrogen and oxygen atoms in total. The second-order valence-electron chi connectivity index (χ2n) is 8.46. The molecule has 0 aliphatic carbocycles. The van der Waals surface area contributed by atoms with E-state index in [-0.39, 0.29) is 11.7 Å². The molecule has 2 N–H and O–H groups in total. The van der Waals surface area contributed by atoms with E-state index in [1.165, 1.54) is 37.9 Å². The Morgan fingerprint density at radius 3 is 2.64 bits per heavy atom. The highest BCUT2D eigenvalue weighted by Crippen LogP contribution is 2.20. The van der Waals surface area contributed by atoms with Gasteiger partial charge in [0.2, 0.25) is 0 Å². The molecule has 1 atom stereocenters. The van der Waals surface area contributed by atoms with E-state index in [0.717, 1.165) is 24.2 Å². The molecule has 1 aliphatic heterocycles. The molecule has 0 radical (unpaired) electrons. The summed E-state index contributed by atoms with van der Waals surface area (Å²) < 4.78 is 13.2. The molecule has 0 bridgehead atoms. The number of nitrogens with one attached hydrogen (secondary N) is 2. The van der Waals surface area contributed by atoms with E-state index in [1.807, 2.05) is 12.1 Å². The molecule has 0 spiro atoms. The van der Waals surface area contributed by atoms with Crippen molar-refractivity contribution in [2.75, 3.05) is 25.0 Å². The van der Waals surface area contributed by atoms with E-state index in [2.05, 4.69) is 32.4 Å². The summed E-state index contributed by atoms with van der Waals surface area (Å²) in [5.74, 6) is 0.769. The zero-order chi connectivity index (χ0) is 23.0. The number of benzene rings is 2. The van der Waals surface area contributed by atoms with E-state index in [4.69, 9.17) is 0 Å². The van der Waals surface area contributed by atoms with Crippen LogP contribution in [0.3, 0.4) is 0 Å². The van der Waals surface area contributed by atoms with Gasteiger partial charge < -0.3 is 15.5 Å². The molecule has 4 rings (SSSR count). The lowest BCUT2D eigenvalue weighted by atomic mass is 10.0. The Morgan fingerprint density at radius 1 is 1.09 bits per heavy atom. The van der Waals surface area contributed by atoms with E-state index in [0.29, 0.717) is 29.8 Å². The number of nitrogens with zero attached hydrogens (tertiary/aromatic N) is 3. The molecule has 1 saturated heterocycles. The number of anilines is 2. The fraction of sp³-hybridized carbons (Fsp3) is 0.346. The first-order valence-electron chi connectivity index (χ1n) is 11.6. The van der Waals surface area contributed by atoms with Crippen LogP contribution in [0.5, 0.6) is 0 Å². The summed E-state index contributed by atoms with van der Waals surface area (Å²) in [5, 5.41) is 6.24. The molecule has 1 aromatic heterocycles. The highest BCUT2D eigenvalue weighted by atomic mass is 19.1. The summed E-state index contributed by atoms with van der Waals surface area (Å²) in [4.78, 5) is 23.7. The van der Waals surface area contributed by atoms with Crippen molar-refractivity contribution in [2.45, 2.75) is 38.6 Å². The topological polar surface area (TPSA) is 70.2 Å². The van der Waals surface area contributed by atoms with Crippen LogP contribution in [0.2, 0.25) is 0 Å². The molecule has 1 amide bonds. The van der Waals surface area contributed by atoms with Gasteiger partial charge in [-0.15, -0.1) is 0 Å². The smallest absolute Gasteiger partial charge is 0.251 e. The Kier molecular flexibility index (Phi) is 7.62. The van der Waals surface area contributed by atoms with Crippen LogP contribution in [0.4, 0.5) is 15.9 Å². The lowest BCUT2D eigenvalue weighted by Crippen LogP contribution is -2.39. The van der Waals surface area contributed by atoms with Gasteiger partial charge in [0.1, 0.15) is 11.6 Å². The van der Waals surface area contributed by atoms with Crippen molar-refractivity contribution in [1.82, 2.24) is 20.2 Å². The molecule has 33 heavy (non-hydrogen) atoms. The Morgan fingerprint density at radius 2 is 1.88 bits per heavy atom. The van der Waals surface area contributed by atoms with Crippen molar-refractivity contribution in [1.29, 1.82) is 0 Å². The standard InChI is InChI=1S/C26H30FN5O/c1-19-5-2-3-17-32(19)18-4-15-29-26(33)21-8-12-23(13-9-21)30-24-14-16-28-25(31-24)20-6-10-22(27)11-7-20/h6-14,16,19H,2-5,15,17-18H2,1H3,(H,29,33)(H,28,30,31)/t19-/m0/s1. The molecular weight excluding hydrogens is 417 g/mol. The highest BCUT2D eigenvalue weighted by molar-refractivity contribution is 5.94. The molecule has 7 heteroatoms. The van der Waals surface area contributed by atoms with Crippen LogP contribution in [-0.4, -0.2) is 46.5 Å². The summed E-state index contributed by atoms with van der Waals surface area (Å²) >= 11 is 0.